The molecule has 2 aromatic rings. The van der Waals surface area contributed by atoms with Crippen molar-refractivity contribution in [3.63, 3.8) is 0 Å². The number of alkyl carbamates (subject to hydrolysis) is 1. The largest absolute Gasteiger partial charge is 0.479 e. The second-order valence-corrected chi connectivity index (χ2v) is 7.23. The van der Waals surface area contributed by atoms with Crippen LogP contribution < -0.4 is 10.6 Å². The minimum Gasteiger partial charge on any atom is -0.479 e. The van der Waals surface area contributed by atoms with E-state index >= 15 is 0 Å². The molecule has 1 aliphatic rings. The molecule has 0 bridgehead atoms. The number of fused-ring (bicyclic) bond motifs is 3. The molecule has 0 saturated carbocycles. The van der Waals surface area contributed by atoms with E-state index in [-0.39, 0.29) is 18.9 Å². The number of hydrogen-bond donors (Lipinski definition) is 4. The molecule has 2 atom stereocenters. The number of rotatable bonds is 8. The molecule has 0 aliphatic heterocycles. The van der Waals surface area contributed by atoms with Crippen molar-refractivity contribution in [2.45, 2.75) is 31.4 Å². The van der Waals surface area contributed by atoms with Gasteiger partial charge in [0.1, 0.15) is 6.61 Å². The number of carboxylic acid groups (broad SMARTS) is 1. The summed E-state index contributed by atoms with van der Waals surface area (Å²) >= 11 is 0. The van der Waals surface area contributed by atoms with Gasteiger partial charge < -0.3 is 25.6 Å². The smallest absolute Gasteiger partial charge is 0.407 e. The van der Waals surface area contributed by atoms with E-state index in [0.717, 1.165) is 22.3 Å². The van der Waals surface area contributed by atoms with Gasteiger partial charge in [-0.15, -0.1) is 0 Å². The van der Waals surface area contributed by atoms with E-state index in [0.29, 0.717) is 0 Å². The van der Waals surface area contributed by atoms with Crippen LogP contribution in [-0.4, -0.2) is 53.5 Å². The maximum absolute atomic E-state index is 12.2. The molecule has 0 aromatic heterocycles. The van der Waals surface area contributed by atoms with Crippen molar-refractivity contribution in [3.05, 3.63) is 59.7 Å². The number of aliphatic hydroxyl groups is 1. The van der Waals surface area contributed by atoms with Gasteiger partial charge in [-0.05, 0) is 29.2 Å². The minimum absolute atomic E-state index is 0.0562. The fourth-order valence-electron chi connectivity index (χ4n) is 3.54. The van der Waals surface area contributed by atoms with Crippen LogP contribution in [0.25, 0.3) is 11.1 Å². The number of amides is 2. The number of nitrogens with one attached hydrogen (secondary N) is 2. The first-order valence-corrected chi connectivity index (χ1v) is 9.66. The normalized spacial score (nSPS) is 14.2. The molecule has 0 saturated heterocycles. The molecule has 8 nitrogen and oxygen atoms in total. The van der Waals surface area contributed by atoms with Crippen molar-refractivity contribution in [2.24, 2.45) is 0 Å². The summed E-state index contributed by atoms with van der Waals surface area (Å²) in [6.45, 7) is 1.41. The van der Waals surface area contributed by atoms with E-state index < -0.39 is 36.7 Å². The van der Waals surface area contributed by atoms with Crippen LogP contribution in [0.4, 0.5) is 4.79 Å². The lowest BCUT2D eigenvalue weighted by molar-refractivity contribution is -0.146. The van der Waals surface area contributed by atoms with Gasteiger partial charge in [0.25, 0.3) is 0 Å². The Morgan fingerprint density at radius 3 is 2.17 bits per heavy atom. The third kappa shape index (κ3) is 4.96. The van der Waals surface area contributed by atoms with Crippen molar-refractivity contribution in [2.75, 3.05) is 13.2 Å². The summed E-state index contributed by atoms with van der Waals surface area (Å²) in [7, 11) is 0. The molecular weight excluding hydrogens is 388 g/mol. The van der Waals surface area contributed by atoms with Crippen LogP contribution in [0.1, 0.15) is 30.4 Å². The van der Waals surface area contributed by atoms with Gasteiger partial charge in [0.2, 0.25) is 5.91 Å². The van der Waals surface area contributed by atoms with Crippen LogP contribution in [0, 0.1) is 0 Å². The Hall–Kier alpha value is -3.39. The van der Waals surface area contributed by atoms with Crippen LogP contribution in [0.15, 0.2) is 48.5 Å². The lowest BCUT2D eigenvalue weighted by Gasteiger charge is -2.17. The molecule has 158 valence electrons. The number of ether oxygens (including phenoxy) is 1. The molecule has 3 rings (SSSR count). The summed E-state index contributed by atoms with van der Waals surface area (Å²) in [5.41, 5.74) is 4.48. The molecule has 2 amide bonds. The van der Waals surface area contributed by atoms with Gasteiger partial charge in [0.05, 0.1) is 6.54 Å². The topological polar surface area (TPSA) is 125 Å². The minimum atomic E-state index is -1.67. The number of carboxylic acids is 1. The fraction of sp³-hybridized carbons (Fsp3) is 0.318. The highest BCUT2D eigenvalue weighted by Gasteiger charge is 2.29. The van der Waals surface area contributed by atoms with Crippen molar-refractivity contribution in [1.29, 1.82) is 0 Å². The molecule has 0 heterocycles. The van der Waals surface area contributed by atoms with E-state index in [1.807, 2.05) is 36.4 Å². The lowest BCUT2D eigenvalue weighted by atomic mass is 9.98. The van der Waals surface area contributed by atoms with Gasteiger partial charge in [0.15, 0.2) is 6.10 Å². The quantitative estimate of drug-likeness (QED) is 0.525. The molecule has 0 unspecified atom stereocenters. The summed E-state index contributed by atoms with van der Waals surface area (Å²) in [6.07, 6.45) is -2.38. The summed E-state index contributed by atoms with van der Waals surface area (Å²) in [6, 6.07) is 15.5. The number of hydrogen-bond acceptors (Lipinski definition) is 5. The van der Waals surface area contributed by atoms with Gasteiger partial charge in [-0.1, -0.05) is 48.5 Å². The molecular formula is C22H24N2O6. The highest BCUT2D eigenvalue weighted by atomic mass is 16.5. The Morgan fingerprint density at radius 1 is 1.03 bits per heavy atom. The van der Waals surface area contributed by atoms with E-state index in [1.54, 1.807) is 6.92 Å². The van der Waals surface area contributed by atoms with Crippen LogP contribution in [0.3, 0.4) is 0 Å². The van der Waals surface area contributed by atoms with Crippen molar-refractivity contribution in [3.8, 4) is 11.1 Å². The molecule has 4 N–H and O–H groups in total. The van der Waals surface area contributed by atoms with E-state index in [9.17, 15) is 14.4 Å². The maximum Gasteiger partial charge on any atom is 0.407 e. The van der Waals surface area contributed by atoms with Crippen LogP contribution >= 0.6 is 0 Å². The molecule has 2 aromatic carbocycles. The standard InChI is InChI=1S/C22H24N2O6/c1-13(10-20(26)23-11-19(25)21(27)28)24-22(29)30-12-18-16-8-4-2-6-14(16)15-7-3-5-9-17(15)18/h2-9,13,18-19,25H,10-12H2,1H3,(H,23,26)(H,24,29)(H,27,28)/t13-,19-/m0/s1. The number of aliphatic carboxylic acids is 1. The van der Waals surface area contributed by atoms with E-state index in [4.69, 9.17) is 14.9 Å². The summed E-state index contributed by atoms with van der Waals surface area (Å²) in [4.78, 5) is 34.5. The first-order valence-electron chi connectivity index (χ1n) is 9.66. The average Bonchev–Trinajstić information content (AvgIpc) is 3.04. The highest BCUT2D eigenvalue weighted by molar-refractivity contribution is 5.80. The zero-order valence-corrected chi connectivity index (χ0v) is 16.5. The Kier molecular flexibility index (Phi) is 6.68. The summed E-state index contributed by atoms with van der Waals surface area (Å²) < 4.78 is 5.42. The third-order valence-corrected chi connectivity index (χ3v) is 4.98. The van der Waals surface area contributed by atoms with Crippen LogP contribution in [0.5, 0.6) is 0 Å². The van der Waals surface area contributed by atoms with Gasteiger partial charge in [-0.25, -0.2) is 9.59 Å². The maximum atomic E-state index is 12.2. The second kappa shape index (κ2) is 9.41. The Morgan fingerprint density at radius 2 is 1.60 bits per heavy atom. The Labute approximate surface area is 173 Å². The van der Waals surface area contributed by atoms with Crippen molar-refractivity contribution in [1.82, 2.24) is 10.6 Å². The predicted molar refractivity (Wildman–Crippen MR) is 109 cm³/mol. The molecule has 0 spiro atoms. The molecule has 8 heteroatoms. The monoisotopic (exact) mass is 412 g/mol. The second-order valence-electron chi connectivity index (χ2n) is 7.23. The Balaban J connectivity index is 1.50. The number of carbonyl (C=O) groups excluding carboxylic acids is 2. The first-order chi connectivity index (χ1) is 14.4. The van der Waals surface area contributed by atoms with Gasteiger partial charge in [0, 0.05) is 18.4 Å². The molecule has 0 fully saturated rings. The van der Waals surface area contributed by atoms with Crippen molar-refractivity contribution < 1.29 is 29.3 Å². The molecule has 1 aliphatic carbocycles. The van der Waals surface area contributed by atoms with E-state index in [1.165, 1.54) is 0 Å². The zero-order chi connectivity index (χ0) is 21.7. The summed E-state index contributed by atoms with van der Waals surface area (Å²) in [5.74, 6) is -1.96. The van der Waals surface area contributed by atoms with Crippen LogP contribution in [0.2, 0.25) is 0 Å². The van der Waals surface area contributed by atoms with Crippen molar-refractivity contribution >= 4 is 18.0 Å². The van der Waals surface area contributed by atoms with Gasteiger partial charge in [-0.2, -0.15) is 0 Å². The highest BCUT2D eigenvalue weighted by Crippen LogP contribution is 2.44. The van der Waals surface area contributed by atoms with Gasteiger partial charge in [-0.3, -0.25) is 4.79 Å². The SMILES string of the molecule is C[C@@H](CC(=O)NC[C@H](O)C(=O)O)NC(=O)OCC1c2ccccc2-c2ccccc21. The van der Waals surface area contributed by atoms with Crippen LogP contribution in [-0.2, 0) is 14.3 Å². The lowest BCUT2D eigenvalue weighted by Crippen LogP contribution is -2.41. The third-order valence-electron chi connectivity index (χ3n) is 4.98. The number of carbonyl (C=O) groups is 3. The summed E-state index contributed by atoms with van der Waals surface area (Å²) in [5, 5.41) is 22.7. The predicted octanol–water partition coefficient (Wildman–Crippen LogP) is 1.87. The molecule has 0 radical (unpaired) electrons. The number of benzene rings is 2. The first kappa shape index (κ1) is 21.3. The zero-order valence-electron chi connectivity index (χ0n) is 16.5. The van der Waals surface area contributed by atoms with E-state index in [2.05, 4.69) is 22.8 Å². The van der Waals surface area contributed by atoms with Gasteiger partial charge >= 0.3 is 12.1 Å². The average molecular weight is 412 g/mol. The Bertz CT molecular complexity index is 899. The fourth-order valence-corrected chi connectivity index (χ4v) is 3.54. The number of aliphatic hydroxyl groups excluding tert-OH is 1. The molecule has 30 heavy (non-hydrogen) atoms.